The molecule has 2 N–H and O–H groups in total. The van der Waals surface area contributed by atoms with E-state index >= 15 is 0 Å². The smallest absolute Gasteiger partial charge is 0.0395 e. The van der Waals surface area contributed by atoms with Crippen molar-refractivity contribution in [2.45, 2.75) is 32.6 Å². The molecule has 0 saturated heterocycles. The largest absolute Gasteiger partial charge is 0.371 e. The van der Waals surface area contributed by atoms with Crippen LogP contribution < -0.4 is 10.6 Å². The minimum Gasteiger partial charge on any atom is -0.371 e. The highest BCUT2D eigenvalue weighted by atomic mass is 15.1. The number of rotatable bonds is 7. The highest BCUT2D eigenvalue weighted by Gasteiger charge is 2.22. The maximum Gasteiger partial charge on any atom is 0.0395 e. The van der Waals surface area contributed by atoms with Crippen molar-refractivity contribution in [1.82, 2.24) is 0 Å². The summed E-state index contributed by atoms with van der Waals surface area (Å²) in [6, 6.07) is 8.68. The van der Waals surface area contributed by atoms with Gasteiger partial charge in [-0.3, -0.25) is 0 Å². The summed E-state index contributed by atoms with van der Waals surface area (Å²) in [4.78, 5) is 2.51. The lowest BCUT2D eigenvalue weighted by molar-refractivity contribution is 0.658. The Kier molecular flexibility index (Phi) is 4.43. The van der Waals surface area contributed by atoms with E-state index in [-0.39, 0.29) is 0 Å². The molecule has 1 aliphatic rings. The van der Waals surface area contributed by atoms with E-state index < -0.39 is 0 Å². The van der Waals surface area contributed by atoms with Gasteiger partial charge in [0.1, 0.15) is 0 Å². The zero-order valence-corrected chi connectivity index (χ0v) is 10.9. The molecule has 0 unspecified atom stereocenters. The third-order valence-electron chi connectivity index (χ3n) is 3.59. The van der Waals surface area contributed by atoms with Gasteiger partial charge >= 0.3 is 0 Å². The number of hydrogen-bond acceptors (Lipinski definition) is 2. The fourth-order valence-corrected chi connectivity index (χ4v) is 2.30. The fraction of sp³-hybridized carbons (Fsp3) is 0.600. The molecule has 0 radical (unpaired) electrons. The molecule has 94 valence electrons. The van der Waals surface area contributed by atoms with E-state index in [1.54, 1.807) is 0 Å². The zero-order chi connectivity index (χ0) is 12.1. The van der Waals surface area contributed by atoms with Crippen molar-refractivity contribution < 1.29 is 0 Å². The Balaban J connectivity index is 1.99. The normalized spacial score (nSPS) is 14.9. The minimum atomic E-state index is 0.784. The van der Waals surface area contributed by atoms with Gasteiger partial charge in [-0.25, -0.2) is 0 Å². The Morgan fingerprint density at radius 1 is 1.24 bits per heavy atom. The molecular formula is C15H24N2. The molecule has 0 spiro atoms. The summed E-state index contributed by atoms with van der Waals surface area (Å²) in [5.74, 6) is 0.999. The van der Waals surface area contributed by atoms with Crippen LogP contribution >= 0.6 is 0 Å². The molecule has 0 bridgehead atoms. The minimum absolute atomic E-state index is 0.784. The van der Waals surface area contributed by atoms with Gasteiger partial charge < -0.3 is 10.6 Å². The summed E-state index contributed by atoms with van der Waals surface area (Å²) in [6.07, 6.45) is 5.31. The first-order chi connectivity index (χ1) is 8.31. The summed E-state index contributed by atoms with van der Waals surface area (Å²) in [5, 5.41) is 0. The molecule has 1 saturated carbocycles. The average Bonchev–Trinajstić information content (AvgIpc) is 3.15. The quantitative estimate of drug-likeness (QED) is 0.783. The van der Waals surface area contributed by atoms with Gasteiger partial charge in [-0.15, -0.1) is 0 Å². The number of benzene rings is 1. The molecular weight excluding hydrogens is 208 g/mol. The molecule has 17 heavy (non-hydrogen) atoms. The van der Waals surface area contributed by atoms with E-state index in [0.29, 0.717) is 0 Å². The van der Waals surface area contributed by atoms with Gasteiger partial charge in [0.15, 0.2) is 0 Å². The molecule has 0 amide bonds. The Hall–Kier alpha value is -1.02. The van der Waals surface area contributed by atoms with Crippen molar-refractivity contribution >= 4 is 5.69 Å². The van der Waals surface area contributed by atoms with Gasteiger partial charge in [-0.05, 0) is 43.9 Å². The Labute approximate surface area is 105 Å². The lowest BCUT2D eigenvalue weighted by Gasteiger charge is -2.26. The Morgan fingerprint density at radius 2 is 2.00 bits per heavy atom. The molecule has 2 heteroatoms. The first-order valence-electron chi connectivity index (χ1n) is 6.82. The van der Waals surface area contributed by atoms with E-state index in [4.69, 9.17) is 5.73 Å². The second-order valence-corrected chi connectivity index (χ2v) is 5.15. The lowest BCUT2D eigenvalue weighted by Crippen LogP contribution is -2.28. The third kappa shape index (κ3) is 3.74. The Bertz CT molecular complexity index is 345. The molecule has 1 fully saturated rings. The summed E-state index contributed by atoms with van der Waals surface area (Å²) >= 11 is 0. The number of hydrogen-bond donors (Lipinski definition) is 1. The van der Waals surface area contributed by atoms with Crippen LogP contribution in [0, 0.1) is 12.8 Å². The van der Waals surface area contributed by atoms with Crippen molar-refractivity contribution in [3.63, 3.8) is 0 Å². The predicted octanol–water partition coefficient (Wildman–Crippen LogP) is 2.95. The second kappa shape index (κ2) is 6.06. The van der Waals surface area contributed by atoms with Crippen molar-refractivity contribution in [3.05, 3.63) is 29.8 Å². The molecule has 2 nitrogen and oxygen atoms in total. The maximum absolute atomic E-state index is 5.63. The standard InChI is InChI=1S/C15H24N2/c1-13-5-2-3-6-15(13)17(11-4-10-16)12-9-14-7-8-14/h2-3,5-6,14H,4,7-12,16H2,1H3. The van der Waals surface area contributed by atoms with E-state index in [1.807, 2.05) is 0 Å². The highest BCUT2D eigenvalue weighted by Crippen LogP contribution is 2.33. The van der Waals surface area contributed by atoms with E-state index in [2.05, 4.69) is 36.1 Å². The summed E-state index contributed by atoms with van der Waals surface area (Å²) < 4.78 is 0. The third-order valence-corrected chi connectivity index (χ3v) is 3.59. The van der Waals surface area contributed by atoms with Crippen LogP contribution in [-0.2, 0) is 0 Å². The predicted molar refractivity (Wildman–Crippen MR) is 74.4 cm³/mol. The van der Waals surface area contributed by atoms with Crippen molar-refractivity contribution in [2.75, 3.05) is 24.5 Å². The van der Waals surface area contributed by atoms with Gasteiger partial charge in [0.2, 0.25) is 0 Å². The first-order valence-corrected chi connectivity index (χ1v) is 6.82. The monoisotopic (exact) mass is 232 g/mol. The number of para-hydroxylation sites is 1. The van der Waals surface area contributed by atoms with Crippen LogP contribution in [0.15, 0.2) is 24.3 Å². The SMILES string of the molecule is Cc1ccccc1N(CCCN)CCC1CC1. The number of anilines is 1. The lowest BCUT2D eigenvalue weighted by atomic mass is 10.1. The maximum atomic E-state index is 5.63. The molecule has 1 aliphatic carbocycles. The molecule has 1 aromatic carbocycles. The van der Waals surface area contributed by atoms with Crippen LogP contribution in [0.2, 0.25) is 0 Å². The van der Waals surface area contributed by atoms with Gasteiger partial charge in [0.25, 0.3) is 0 Å². The molecule has 0 aromatic heterocycles. The van der Waals surface area contributed by atoms with Crippen LogP contribution in [0.5, 0.6) is 0 Å². The highest BCUT2D eigenvalue weighted by molar-refractivity contribution is 5.52. The van der Waals surface area contributed by atoms with Crippen LogP contribution in [0.1, 0.15) is 31.2 Å². The number of aryl methyl sites for hydroxylation is 1. The van der Waals surface area contributed by atoms with E-state index in [0.717, 1.165) is 25.4 Å². The molecule has 1 aromatic rings. The second-order valence-electron chi connectivity index (χ2n) is 5.15. The molecule has 0 heterocycles. The fourth-order valence-electron chi connectivity index (χ4n) is 2.30. The summed E-state index contributed by atoms with van der Waals surface area (Å²) in [7, 11) is 0. The average molecular weight is 232 g/mol. The van der Waals surface area contributed by atoms with Gasteiger partial charge in [0.05, 0.1) is 0 Å². The summed E-state index contributed by atoms with van der Waals surface area (Å²) in [6.45, 7) is 5.26. The van der Waals surface area contributed by atoms with Crippen LogP contribution in [-0.4, -0.2) is 19.6 Å². The Morgan fingerprint density at radius 3 is 2.65 bits per heavy atom. The first kappa shape index (κ1) is 12.4. The molecule has 0 atom stereocenters. The van der Waals surface area contributed by atoms with Gasteiger partial charge in [-0.2, -0.15) is 0 Å². The number of nitrogens with two attached hydrogens (primary N) is 1. The van der Waals surface area contributed by atoms with Crippen molar-refractivity contribution in [2.24, 2.45) is 11.7 Å². The van der Waals surface area contributed by atoms with Crippen LogP contribution in [0.25, 0.3) is 0 Å². The summed E-state index contributed by atoms with van der Waals surface area (Å²) in [5.41, 5.74) is 8.40. The van der Waals surface area contributed by atoms with E-state index in [9.17, 15) is 0 Å². The van der Waals surface area contributed by atoms with Crippen molar-refractivity contribution in [1.29, 1.82) is 0 Å². The van der Waals surface area contributed by atoms with Crippen molar-refractivity contribution in [3.8, 4) is 0 Å². The van der Waals surface area contributed by atoms with Crippen LogP contribution in [0.3, 0.4) is 0 Å². The molecule has 0 aliphatic heterocycles. The zero-order valence-electron chi connectivity index (χ0n) is 10.9. The van der Waals surface area contributed by atoms with Crippen LogP contribution in [0.4, 0.5) is 5.69 Å². The number of nitrogens with zero attached hydrogens (tertiary/aromatic N) is 1. The topological polar surface area (TPSA) is 29.3 Å². The van der Waals surface area contributed by atoms with Gasteiger partial charge in [-0.1, -0.05) is 31.0 Å². The van der Waals surface area contributed by atoms with E-state index in [1.165, 1.54) is 37.1 Å². The van der Waals surface area contributed by atoms with Gasteiger partial charge in [0, 0.05) is 18.8 Å². The molecule has 2 rings (SSSR count).